The van der Waals surface area contributed by atoms with Crippen LogP contribution in [-0.4, -0.2) is 66.8 Å². The van der Waals surface area contributed by atoms with E-state index in [0.29, 0.717) is 31.7 Å². The van der Waals surface area contributed by atoms with E-state index in [-0.39, 0.29) is 12.6 Å². The van der Waals surface area contributed by atoms with Crippen molar-refractivity contribution < 1.29 is 19.4 Å². The summed E-state index contributed by atoms with van der Waals surface area (Å²) < 4.78 is 4.95. The molecule has 1 N–H and O–H groups in total. The fraction of sp³-hybridized carbons (Fsp3) is 0.867. The van der Waals surface area contributed by atoms with Crippen LogP contribution in [0.4, 0.5) is 4.79 Å². The van der Waals surface area contributed by atoms with E-state index in [1.54, 1.807) is 12.0 Å². The molecule has 6 nitrogen and oxygen atoms in total. The Labute approximate surface area is 127 Å². The molecular formula is C15H28N2O4. The van der Waals surface area contributed by atoms with Crippen LogP contribution in [0, 0.1) is 5.41 Å². The van der Waals surface area contributed by atoms with Crippen LogP contribution >= 0.6 is 0 Å². The number of likely N-dealkylation sites (tertiary alicyclic amines) is 1. The molecule has 0 atom stereocenters. The molecule has 0 aromatic carbocycles. The fourth-order valence-corrected chi connectivity index (χ4v) is 2.94. The molecule has 1 rings (SSSR count). The molecule has 0 saturated carbocycles. The first-order valence-electron chi connectivity index (χ1n) is 7.72. The van der Waals surface area contributed by atoms with Gasteiger partial charge in [-0.2, -0.15) is 0 Å². The maximum Gasteiger partial charge on any atom is 0.323 e. The first-order chi connectivity index (χ1) is 9.98. The summed E-state index contributed by atoms with van der Waals surface area (Å²) in [6.45, 7) is 6.22. The first-order valence-corrected chi connectivity index (χ1v) is 7.72. The zero-order chi connectivity index (χ0) is 15.9. The van der Waals surface area contributed by atoms with E-state index >= 15 is 0 Å². The number of carbonyl (C=O) groups excluding carboxylic acids is 1. The highest BCUT2D eigenvalue weighted by molar-refractivity contribution is 5.80. The van der Waals surface area contributed by atoms with Crippen LogP contribution in [-0.2, 0) is 9.53 Å². The highest BCUT2D eigenvalue weighted by Gasteiger charge is 2.34. The molecule has 0 radical (unpaired) electrons. The summed E-state index contributed by atoms with van der Waals surface area (Å²) in [5.74, 6) is -0.993. The third-order valence-electron chi connectivity index (χ3n) is 4.76. The quantitative estimate of drug-likeness (QED) is 0.781. The summed E-state index contributed by atoms with van der Waals surface area (Å²) in [5.41, 5.74) is 0.348. The Morgan fingerprint density at radius 3 is 2.24 bits per heavy atom. The lowest BCUT2D eigenvalue weighted by molar-refractivity contribution is -0.137. The second-order valence-corrected chi connectivity index (χ2v) is 5.78. The van der Waals surface area contributed by atoms with Crippen LogP contribution in [0.3, 0.4) is 0 Å². The first kappa shape index (κ1) is 17.8. The predicted octanol–water partition coefficient (Wildman–Crippen LogP) is 2.04. The van der Waals surface area contributed by atoms with E-state index in [4.69, 9.17) is 9.84 Å². The lowest BCUT2D eigenvalue weighted by atomic mass is 9.74. The molecule has 0 bridgehead atoms. The van der Waals surface area contributed by atoms with E-state index in [9.17, 15) is 9.59 Å². The van der Waals surface area contributed by atoms with E-state index < -0.39 is 5.97 Å². The zero-order valence-electron chi connectivity index (χ0n) is 13.4. The number of methoxy groups -OCH3 is 1. The minimum Gasteiger partial charge on any atom is -0.480 e. The van der Waals surface area contributed by atoms with E-state index in [1.807, 2.05) is 0 Å². The van der Waals surface area contributed by atoms with Gasteiger partial charge in [-0.1, -0.05) is 26.7 Å². The second kappa shape index (κ2) is 8.22. The van der Waals surface area contributed by atoms with Crippen LogP contribution < -0.4 is 0 Å². The van der Waals surface area contributed by atoms with Crippen molar-refractivity contribution >= 4 is 12.0 Å². The van der Waals surface area contributed by atoms with E-state index in [1.165, 1.54) is 4.90 Å². The molecule has 1 aliphatic rings. The van der Waals surface area contributed by atoms with Gasteiger partial charge < -0.3 is 19.6 Å². The number of urea groups is 1. The molecule has 1 saturated heterocycles. The van der Waals surface area contributed by atoms with Gasteiger partial charge >= 0.3 is 12.0 Å². The number of amides is 2. The van der Waals surface area contributed by atoms with E-state index in [2.05, 4.69) is 13.8 Å². The van der Waals surface area contributed by atoms with Gasteiger partial charge in [0, 0.05) is 26.7 Å². The molecule has 6 heteroatoms. The second-order valence-electron chi connectivity index (χ2n) is 5.78. The largest absolute Gasteiger partial charge is 0.480 e. The number of rotatable bonds is 7. The van der Waals surface area contributed by atoms with Crippen LogP contribution in [0.15, 0.2) is 0 Å². The molecule has 0 aromatic rings. The molecule has 1 fully saturated rings. The Morgan fingerprint density at radius 2 is 1.81 bits per heavy atom. The zero-order valence-corrected chi connectivity index (χ0v) is 13.4. The van der Waals surface area contributed by atoms with Crippen LogP contribution in [0.2, 0.25) is 0 Å². The van der Waals surface area contributed by atoms with Crippen molar-refractivity contribution in [3.8, 4) is 0 Å². The Morgan fingerprint density at radius 1 is 1.24 bits per heavy atom. The lowest BCUT2D eigenvalue weighted by Gasteiger charge is -2.42. The molecule has 0 spiro atoms. The highest BCUT2D eigenvalue weighted by atomic mass is 16.5. The molecule has 1 heterocycles. The molecule has 0 unspecified atom stereocenters. The molecule has 0 aliphatic carbocycles. The number of carboxylic acids is 1. The number of aliphatic carboxylic acids is 1. The highest BCUT2D eigenvalue weighted by Crippen LogP contribution is 2.38. The van der Waals surface area contributed by atoms with Gasteiger partial charge in [-0.05, 0) is 18.3 Å². The smallest absolute Gasteiger partial charge is 0.323 e. The van der Waals surface area contributed by atoms with Gasteiger partial charge in [0.15, 0.2) is 0 Å². The summed E-state index contributed by atoms with van der Waals surface area (Å²) in [7, 11) is 1.54. The summed E-state index contributed by atoms with van der Waals surface area (Å²) in [4.78, 5) is 26.5. The third kappa shape index (κ3) is 4.88. The van der Waals surface area contributed by atoms with Crippen LogP contribution in [0.25, 0.3) is 0 Å². The van der Waals surface area contributed by atoms with E-state index in [0.717, 1.165) is 25.7 Å². The summed E-state index contributed by atoms with van der Waals surface area (Å²) >= 11 is 0. The third-order valence-corrected chi connectivity index (χ3v) is 4.76. The number of ether oxygens (including phenoxy) is 1. The predicted molar refractivity (Wildman–Crippen MR) is 80.3 cm³/mol. The van der Waals surface area contributed by atoms with Crippen molar-refractivity contribution in [1.82, 2.24) is 9.80 Å². The van der Waals surface area contributed by atoms with Gasteiger partial charge in [0.2, 0.25) is 0 Å². The van der Waals surface area contributed by atoms with Gasteiger partial charge in [0.1, 0.15) is 6.54 Å². The molecule has 2 amide bonds. The van der Waals surface area contributed by atoms with Crippen molar-refractivity contribution in [3.05, 3.63) is 0 Å². The number of carboxylic acid groups (broad SMARTS) is 1. The molecule has 122 valence electrons. The Kier molecular flexibility index (Phi) is 6.95. The summed E-state index contributed by atoms with van der Waals surface area (Å²) in [6.07, 6.45) is 4.26. The van der Waals surface area contributed by atoms with Gasteiger partial charge in [-0.25, -0.2) is 4.79 Å². The van der Waals surface area contributed by atoms with Crippen molar-refractivity contribution in [2.45, 2.75) is 39.5 Å². The maximum atomic E-state index is 12.5. The number of carbonyl (C=O) groups is 2. The van der Waals surface area contributed by atoms with Gasteiger partial charge in [-0.3, -0.25) is 4.79 Å². The number of hydrogen-bond acceptors (Lipinski definition) is 3. The Bertz CT molecular complexity index is 346. The SMILES string of the molecule is CCC1(CC)CCN(C(=O)N(CCOC)CC(=O)O)CC1. The minimum atomic E-state index is -0.993. The average molecular weight is 300 g/mol. The number of nitrogens with zero attached hydrogens (tertiary/aromatic N) is 2. The van der Waals surface area contributed by atoms with Crippen molar-refractivity contribution in [2.75, 3.05) is 39.9 Å². The molecular weight excluding hydrogens is 272 g/mol. The van der Waals surface area contributed by atoms with Crippen molar-refractivity contribution in [3.63, 3.8) is 0 Å². The Balaban J connectivity index is 2.62. The van der Waals surface area contributed by atoms with Crippen molar-refractivity contribution in [2.24, 2.45) is 5.41 Å². The van der Waals surface area contributed by atoms with Crippen LogP contribution in [0.5, 0.6) is 0 Å². The Hall–Kier alpha value is -1.30. The monoisotopic (exact) mass is 300 g/mol. The van der Waals surface area contributed by atoms with Gasteiger partial charge in [-0.15, -0.1) is 0 Å². The van der Waals surface area contributed by atoms with Crippen LogP contribution in [0.1, 0.15) is 39.5 Å². The topological polar surface area (TPSA) is 70.1 Å². The fourth-order valence-electron chi connectivity index (χ4n) is 2.94. The lowest BCUT2D eigenvalue weighted by Crippen LogP contribution is -2.50. The standard InChI is InChI=1S/C15H28N2O4/c1-4-15(5-2)6-8-16(9-7-15)14(20)17(10-11-21-3)12-13(18)19/h4-12H2,1-3H3,(H,18,19). The van der Waals surface area contributed by atoms with Crippen molar-refractivity contribution in [1.29, 1.82) is 0 Å². The number of hydrogen-bond donors (Lipinski definition) is 1. The average Bonchev–Trinajstić information content (AvgIpc) is 2.50. The summed E-state index contributed by atoms with van der Waals surface area (Å²) in [6, 6.07) is -0.185. The number of piperidine rings is 1. The molecule has 21 heavy (non-hydrogen) atoms. The minimum absolute atomic E-state index is 0.185. The normalized spacial score (nSPS) is 17.6. The summed E-state index contributed by atoms with van der Waals surface area (Å²) in [5, 5.41) is 8.94. The van der Waals surface area contributed by atoms with Gasteiger partial charge in [0.05, 0.1) is 6.61 Å². The van der Waals surface area contributed by atoms with Gasteiger partial charge in [0.25, 0.3) is 0 Å². The maximum absolute atomic E-state index is 12.5. The molecule has 1 aliphatic heterocycles. The molecule has 0 aromatic heterocycles.